The van der Waals surface area contributed by atoms with Crippen LogP contribution in [0.15, 0.2) is 6.07 Å². The molecule has 35 heavy (non-hydrogen) atoms. The lowest BCUT2D eigenvalue weighted by molar-refractivity contribution is -0.217. The number of hydrogen-bond acceptors (Lipinski definition) is 12. The number of ether oxygens (including phenoxy) is 6. The number of esters is 4. The summed E-state index contributed by atoms with van der Waals surface area (Å²) in [5.41, 5.74) is -0.0101. The molecule has 0 saturated heterocycles. The molecule has 2 N–H and O–H groups in total. The number of fused-ring (bicyclic) bond motifs is 4. The van der Waals surface area contributed by atoms with Crippen molar-refractivity contribution >= 4 is 29.8 Å². The zero-order valence-electron chi connectivity index (χ0n) is 19.2. The Morgan fingerprint density at radius 1 is 0.857 bits per heavy atom. The summed E-state index contributed by atoms with van der Waals surface area (Å²) in [6.45, 7) is 4.23. The van der Waals surface area contributed by atoms with E-state index in [2.05, 4.69) is 5.32 Å². The minimum Gasteiger partial charge on any atom is -0.504 e. The third kappa shape index (κ3) is 4.29. The third-order valence-electron chi connectivity index (χ3n) is 5.83. The van der Waals surface area contributed by atoms with Crippen LogP contribution in [-0.2, 0) is 38.1 Å². The van der Waals surface area contributed by atoms with E-state index in [0.29, 0.717) is 0 Å². The zero-order valence-corrected chi connectivity index (χ0v) is 19.2. The van der Waals surface area contributed by atoms with Gasteiger partial charge in [0.05, 0.1) is 17.5 Å². The maximum atomic E-state index is 13.1. The molecular formula is C22H23NO12. The van der Waals surface area contributed by atoms with Crippen molar-refractivity contribution in [3.05, 3.63) is 17.2 Å². The molecule has 13 nitrogen and oxygen atoms in total. The Hall–Kier alpha value is -4.03. The van der Waals surface area contributed by atoms with E-state index in [-0.39, 0.29) is 29.4 Å². The molecule has 1 amide bonds. The molecule has 0 bridgehead atoms. The molecule has 2 heterocycles. The van der Waals surface area contributed by atoms with Crippen molar-refractivity contribution in [1.82, 2.24) is 5.32 Å². The molecule has 1 aromatic carbocycles. The van der Waals surface area contributed by atoms with Gasteiger partial charge >= 0.3 is 23.9 Å². The van der Waals surface area contributed by atoms with Gasteiger partial charge in [-0.05, 0) is 11.6 Å². The van der Waals surface area contributed by atoms with Crippen LogP contribution in [0.5, 0.6) is 17.2 Å². The van der Waals surface area contributed by atoms with Crippen LogP contribution in [0.25, 0.3) is 0 Å². The van der Waals surface area contributed by atoms with E-state index in [0.717, 1.165) is 27.7 Å². The normalized spacial score (nSPS) is 28.1. The summed E-state index contributed by atoms with van der Waals surface area (Å²) in [5.74, 6) is -5.30. The lowest BCUT2D eigenvalue weighted by Gasteiger charge is -2.50. The number of carbonyl (C=O) groups is 5. The Morgan fingerprint density at radius 3 is 1.94 bits per heavy atom. The van der Waals surface area contributed by atoms with Gasteiger partial charge in [0.1, 0.15) is 0 Å². The average molecular weight is 493 g/mol. The predicted molar refractivity (Wildman–Crippen MR) is 110 cm³/mol. The molecule has 6 atom stereocenters. The number of phenolic OH excluding ortho intramolecular Hbond substituents is 1. The topological polar surface area (TPSA) is 173 Å². The van der Waals surface area contributed by atoms with Crippen LogP contribution in [0.3, 0.4) is 0 Å². The highest BCUT2D eigenvalue weighted by Crippen LogP contribution is 2.51. The van der Waals surface area contributed by atoms with Crippen molar-refractivity contribution in [2.24, 2.45) is 0 Å². The molecule has 1 aliphatic carbocycles. The number of benzene rings is 1. The van der Waals surface area contributed by atoms with Crippen LogP contribution in [0, 0.1) is 0 Å². The fourth-order valence-electron chi connectivity index (χ4n) is 4.82. The van der Waals surface area contributed by atoms with E-state index in [1.807, 2.05) is 0 Å². The lowest BCUT2D eigenvalue weighted by Crippen LogP contribution is -2.69. The second-order valence-electron chi connectivity index (χ2n) is 8.24. The fourth-order valence-corrected chi connectivity index (χ4v) is 4.82. The standard InChI is InChI=1S/C22H23NO12/c1-7(24)32-18-13-11-5-12-17(31-6-30-12)16(28)14(11)22(29)23-15(13)19(33-8(2)25)21(35-10(4)27)20(18)34-9(3)26/h5,13,15,18-21,28H,6H2,1-4H3,(H,23,29)/t13-,15-,18-,19+,20+,21+/m1/s1. The number of nitrogens with one attached hydrogen (secondary N) is 1. The number of hydrogen-bond donors (Lipinski definition) is 2. The predicted octanol–water partition coefficient (Wildman–Crippen LogP) is 0.0569. The maximum absolute atomic E-state index is 13.1. The van der Waals surface area contributed by atoms with Crippen LogP contribution in [0.1, 0.15) is 49.5 Å². The molecule has 3 aliphatic rings. The first-order chi connectivity index (χ1) is 16.5. The Labute approximate surface area is 198 Å². The first kappa shape index (κ1) is 24.1. The monoisotopic (exact) mass is 493 g/mol. The Balaban J connectivity index is 1.95. The highest BCUT2D eigenvalue weighted by molar-refractivity contribution is 6.01. The molecule has 0 unspecified atom stereocenters. The van der Waals surface area contributed by atoms with Gasteiger partial charge in [-0.3, -0.25) is 24.0 Å². The molecule has 1 aromatic rings. The van der Waals surface area contributed by atoms with Crippen LogP contribution in [0.2, 0.25) is 0 Å². The lowest BCUT2D eigenvalue weighted by atomic mass is 9.69. The smallest absolute Gasteiger partial charge is 0.303 e. The van der Waals surface area contributed by atoms with Gasteiger partial charge in [-0.25, -0.2) is 0 Å². The number of rotatable bonds is 4. The van der Waals surface area contributed by atoms with Crippen molar-refractivity contribution in [2.75, 3.05) is 6.79 Å². The maximum Gasteiger partial charge on any atom is 0.303 e. The Kier molecular flexibility index (Phi) is 6.17. The van der Waals surface area contributed by atoms with Gasteiger partial charge in [0.25, 0.3) is 5.91 Å². The van der Waals surface area contributed by atoms with E-state index < -0.39 is 71.9 Å². The summed E-state index contributed by atoms with van der Waals surface area (Å²) >= 11 is 0. The van der Waals surface area contributed by atoms with Crippen molar-refractivity contribution in [2.45, 2.75) is 64.1 Å². The number of aromatic hydroxyl groups is 1. The molecule has 0 spiro atoms. The summed E-state index contributed by atoms with van der Waals surface area (Å²) in [6.07, 6.45) is -5.53. The minimum absolute atomic E-state index is 0.0388. The second kappa shape index (κ2) is 8.96. The van der Waals surface area contributed by atoms with Gasteiger partial charge in [-0.15, -0.1) is 0 Å². The zero-order chi connectivity index (χ0) is 25.6. The van der Waals surface area contributed by atoms with E-state index in [1.165, 1.54) is 6.07 Å². The second-order valence-corrected chi connectivity index (χ2v) is 8.24. The quantitative estimate of drug-likeness (QED) is 0.427. The minimum atomic E-state index is -1.43. The largest absolute Gasteiger partial charge is 0.504 e. The number of amides is 1. The number of phenols is 1. The van der Waals surface area contributed by atoms with Crippen LogP contribution >= 0.6 is 0 Å². The summed E-state index contributed by atoms with van der Waals surface area (Å²) in [7, 11) is 0. The third-order valence-corrected chi connectivity index (χ3v) is 5.83. The van der Waals surface area contributed by atoms with Gasteiger partial charge in [0, 0.05) is 27.7 Å². The summed E-state index contributed by atoms with van der Waals surface area (Å²) in [4.78, 5) is 61.1. The SMILES string of the molecule is CC(=O)O[C@@H]1[C@@H](OC(C)=O)[C@H](OC(C)=O)[C@@H]2c3cc4c(c(O)c3C(=O)N[C@H]2[C@@H]1OC(C)=O)OCO4. The van der Waals surface area contributed by atoms with E-state index in [4.69, 9.17) is 28.4 Å². The molecule has 0 radical (unpaired) electrons. The van der Waals surface area contributed by atoms with Gasteiger partial charge in [0.2, 0.25) is 12.5 Å². The Bertz CT molecular complexity index is 1110. The highest BCUT2D eigenvalue weighted by atomic mass is 16.7. The van der Waals surface area contributed by atoms with E-state index in [1.54, 1.807) is 0 Å². The van der Waals surface area contributed by atoms with Crippen molar-refractivity contribution in [3.63, 3.8) is 0 Å². The van der Waals surface area contributed by atoms with Gasteiger partial charge in [0.15, 0.2) is 35.9 Å². The number of carbonyl (C=O) groups excluding carboxylic acids is 5. The van der Waals surface area contributed by atoms with Gasteiger partial charge in [-0.2, -0.15) is 0 Å². The average Bonchev–Trinajstić information content (AvgIpc) is 3.20. The molecule has 2 aliphatic heterocycles. The Morgan fingerprint density at radius 2 is 1.37 bits per heavy atom. The van der Waals surface area contributed by atoms with E-state index >= 15 is 0 Å². The van der Waals surface area contributed by atoms with Crippen molar-refractivity contribution < 1.29 is 57.5 Å². The molecule has 1 saturated carbocycles. The van der Waals surface area contributed by atoms with Crippen molar-refractivity contribution in [3.8, 4) is 17.2 Å². The van der Waals surface area contributed by atoms with Crippen molar-refractivity contribution in [1.29, 1.82) is 0 Å². The highest BCUT2D eigenvalue weighted by Gasteiger charge is 2.60. The first-order valence-electron chi connectivity index (χ1n) is 10.6. The van der Waals surface area contributed by atoms with Crippen LogP contribution in [0.4, 0.5) is 0 Å². The molecule has 188 valence electrons. The molecule has 0 aromatic heterocycles. The first-order valence-corrected chi connectivity index (χ1v) is 10.6. The van der Waals surface area contributed by atoms with Crippen LogP contribution in [-0.4, -0.2) is 72.1 Å². The van der Waals surface area contributed by atoms with E-state index in [9.17, 15) is 29.1 Å². The summed E-state index contributed by atoms with van der Waals surface area (Å²) < 4.78 is 32.4. The molecule has 4 rings (SSSR count). The molecule has 1 fully saturated rings. The summed E-state index contributed by atoms with van der Waals surface area (Å²) in [6, 6.07) is 0.325. The fraction of sp³-hybridized carbons (Fsp3) is 0.500. The molecular weight excluding hydrogens is 470 g/mol. The summed E-state index contributed by atoms with van der Waals surface area (Å²) in [5, 5.41) is 13.4. The van der Waals surface area contributed by atoms with Gasteiger partial charge < -0.3 is 38.8 Å². The van der Waals surface area contributed by atoms with Crippen LogP contribution < -0.4 is 14.8 Å². The van der Waals surface area contributed by atoms with Gasteiger partial charge in [-0.1, -0.05) is 0 Å². The molecule has 13 heteroatoms.